The minimum Gasteiger partial charge on any atom is -0.316 e. The molecule has 5 nitrogen and oxygen atoms in total. The van der Waals surface area contributed by atoms with Crippen LogP contribution < -0.4 is 11.0 Å². The van der Waals surface area contributed by atoms with Crippen LogP contribution in [0.4, 0.5) is 0 Å². The van der Waals surface area contributed by atoms with Gasteiger partial charge in [0.2, 0.25) is 0 Å². The van der Waals surface area contributed by atoms with Gasteiger partial charge in [0.1, 0.15) is 0 Å². The Bertz CT molecular complexity index is 1170. The number of hydrogen-bond acceptors (Lipinski definition) is 3. The number of carbonyl (C=O) groups is 1. The van der Waals surface area contributed by atoms with E-state index in [0.29, 0.717) is 0 Å². The first-order valence-electron chi connectivity index (χ1n) is 11.1. The van der Waals surface area contributed by atoms with Crippen LogP contribution in [-0.2, 0) is 26.9 Å². The van der Waals surface area contributed by atoms with E-state index in [4.69, 9.17) is 11.6 Å². The first-order valence-corrected chi connectivity index (χ1v) is 11.5. The van der Waals surface area contributed by atoms with E-state index >= 15 is 0 Å². The van der Waals surface area contributed by atoms with Crippen molar-refractivity contribution in [2.45, 2.75) is 38.5 Å². The summed E-state index contributed by atoms with van der Waals surface area (Å²) in [5.41, 5.74) is 4.75. The molecular formula is C25H31Cl2N3O2. The Labute approximate surface area is 200 Å². The van der Waals surface area contributed by atoms with Crippen LogP contribution >= 0.6 is 24.0 Å². The van der Waals surface area contributed by atoms with Gasteiger partial charge in [-0.1, -0.05) is 36.2 Å². The number of aromatic nitrogens is 2. The molecule has 1 aliphatic carbocycles. The normalized spacial score (nSPS) is 15.6. The third-order valence-corrected chi connectivity index (χ3v) is 6.95. The summed E-state index contributed by atoms with van der Waals surface area (Å²) in [5.74, 6) is 0.333. The lowest BCUT2D eigenvalue weighted by atomic mass is 9.80. The number of aryl methyl sites for hydroxylation is 3. The number of carbonyl (C=O) groups excluding carboxylic acids is 1. The van der Waals surface area contributed by atoms with Gasteiger partial charge in [0, 0.05) is 30.6 Å². The molecule has 4 rings (SSSR count). The zero-order valence-electron chi connectivity index (χ0n) is 18.7. The van der Waals surface area contributed by atoms with Crippen molar-refractivity contribution in [1.82, 2.24) is 14.5 Å². The molecule has 2 aromatic carbocycles. The number of benzene rings is 2. The molecule has 0 amide bonds. The number of hydrogen-bond donors (Lipinski definition) is 1. The first-order chi connectivity index (χ1) is 15.0. The number of halogens is 2. The topological polar surface area (TPSA) is 56.0 Å². The maximum absolute atomic E-state index is 13.1. The third-order valence-electron chi connectivity index (χ3n) is 6.58. The van der Waals surface area contributed by atoms with Crippen molar-refractivity contribution in [1.29, 1.82) is 0 Å². The molecule has 7 heteroatoms. The Morgan fingerprint density at radius 1 is 1.03 bits per heavy atom. The second-order valence-electron chi connectivity index (χ2n) is 8.59. The molecule has 1 aliphatic rings. The van der Waals surface area contributed by atoms with Gasteiger partial charge in [-0.15, -0.1) is 12.4 Å². The first kappa shape index (κ1) is 24.6. The summed E-state index contributed by atoms with van der Waals surface area (Å²) in [7, 11) is 3.55. The van der Waals surface area contributed by atoms with E-state index in [2.05, 4.69) is 11.4 Å². The molecule has 1 heterocycles. The largest absolute Gasteiger partial charge is 0.328 e. The summed E-state index contributed by atoms with van der Waals surface area (Å²) in [5, 5.41) is 4.31. The van der Waals surface area contributed by atoms with Crippen molar-refractivity contribution in [3.63, 3.8) is 0 Å². The quantitative estimate of drug-likeness (QED) is 0.480. The van der Waals surface area contributed by atoms with Gasteiger partial charge in [0.25, 0.3) is 0 Å². The van der Waals surface area contributed by atoms with Gasteiger partial charge in [0.05, 0.1) is 11.0 Å². The van der Waals surface area contributed by atoms with Crippen LogP contribution in [0.5, 0.6) is 0 Å². The Balaban J connectivity index is 0.00000289. The smallest absolute Gasteiger partial charge is 0.316 e. The third kappa shape index (κ3) is 4.95. The summed E-state index contributed by atoms with van der Waals surface area (Å²) in [6.45, 7) is 1.86. The monoisotopic (exact) mass is 475 g/mol. The fraction of sp³-hybridized carbons (Fsp3) is 0.440. The predicted octanol–water partition coefficient (Wildman–Crippen LogP) is 4.70. The fourth-order valence-electron chi connectivity index (χ4n) is 4.67. The van der Waals surface area contributed by atoms with Gasteiger partial charge in [-0.3, -0.25) is 13.9 Å². The highest BCUT2D eigenvalue weighted by atomic mass is 35.5. The van der Waals surface area contributed by atoms with Gasteiger partial charge in [-0.25, -0.2) is 4.79 Å². The molecule has 0 saturated heterocycles. The Hall–Kier alpha value is -2.08. The van der Waals surface area contributed by atoms with Crippen molar-refractivity contribution >= 4 is 40.8 Å². The second kappa shape index (κ2) is 10.7. The summed E-state index contributed by atoms with van der Waals surface area (Å²) in [6, 6.07) is 11.9. The molecule has 32 heavy (non-hydrogen) atoms. The van der Waals surface area contributed by atoms with E-state index in [1.165, 1.54) is 5.56 Å². The average Bonchev–Trinajstić information content (AvgIpc) is 2.98. The molecule has 1 N–H and O–H groups in total. The number of nitrogens with zero attached hydrogens (tertiary/aromatic N) is 2. The lowest BCUT2D eigenvalue weighted by Crippen LogP contribution is -2.23. The number of unbranched alkanes of at least 4 members (excludes halogenated alkanes) is 1. The van der Waals surface area contributed by atoms with Gasteiger partial charge in [-0.05, 0) is 74.5 Å². The average molecular weight is 476 g/mol. The van der Waals surface area contributed by atoms with Gasteiger partial charge in [-0.2, -0.15) is 0 Å². The van der Waals surface area contributed by atoms with Crippen molar-refractivity contribution in [2.75, 3.05) is 13.1 Å². The summed E-state index contributed by atoms with van der Waals surface area (Å²) in [6.07, 6.45) is 5.76. The molecular weight excluding hydrogens is 445 g/mol. The molecule has 0 fully saturated rings. The van der Waals surface area contributed by atoms with Crippen LogP contribution in [-0.4, -0.2) is 28.0 Å². The molecule has 0 saturated carbocycles. The zero-order chi connectivity index (χ0) is 22.0. The van der Waals surface area contributed by atoms with E-state index in [0.717, 1.165) is 78.8 Å². The molecule has 1 atom stereocenters. The Kier molecular flexibility index (Phi) is 8.21. The fourth-order valence-corrected chi connectivity index (χ4v) is 4.90. The van der Waals surface area contributed by atoms with E-state index in [9.17, 15) is 9.59 Å². The van der Waals surface area contributed by atoms with Crippen LogP contribution in [0.25, 0.3) is 11.0 Å². The molecule has 0 spiro atoms. The van der Waals surface area contributed by atoms with E-state index in [1.54, 1.807) is 23.2 Å². The van der Waals surface area contributed by atoms with E-state index < -0.39 is 0 Å². The number of imidazole rings is 1. The van der Waals surface area contributed by atoms with Crippen LogP contribution in [0, 0.1) is 5.92 Å². The SMILES string of the molecule is Cl.Cn1c(=O)n(C)c2cc3c(cc21)CCC(CCCCNCCc1ccccc1Cl)C3=O. The molecule has 172 valence electrons. The number of nitrogens with one attached hydrogen (secondary N) is 1. The van der Waals surface area contributed by atoms with Gasteiger partial charge >= 0.3 is 5.69 Å². The van der Waals surface area contributed by atoms with E-state index in [1.807, 2.05) is 30.3 Å². The maximum Gasteiger partial charge on any atom is 0.328 e. The van der Waals surface area contributed by atoms with Gasteiger partial charge < -0.3 is 5.32 Å². The second-order valence-corrected chi connectivity index (χ2v) is 8.99. The van der Waals surface area contributed by atoms with Crippen molar-refractivity contribution < 1.29 is 4.79 Å². The van der Waals surface area contributed by atoms with Crippen molar-refractivity contribution in [3.8, 4) is 0 Å². The van der Waals surface area contributed by atoms with Crippen LogP contribution in [0.2, 0.25) is 5.02 Å². The number of rotatable bonds is 8. The Morgan fingerprint density at radius 3 is 2.50 bits per heavy atom. The van der Waals surface area contributed by atoms with Crippen LogP contribution in [0.15, 0.2) is 41.2 Å². The number of ketones is 1. The minimum absolute atomic E-state index is 0. The molecule has 0 radical (unpaired) electrons. The highest BCUT2D eigenvalue weighted by Crippen LogP contribution is 2.31. The van der Waals surface area contributed by atoms with Crippen LogP contribution in [0.3, 0.4) is 0 Å². The van der Waals surface area contributed by atoms with Crippen molar-refractivity contribution in [2.24, 2.45) is 20.0 Å². The minimum atomic E-state index is -0.0524. The molecule has 3 aromatic rings. The number of fused-ring (bicyclic) bond motifs is 2. The highest BCUT2D eigenvalue weighted by Gasteiger charge is 2.28. The zero-order valence-corrected chi connectivity index (χ0v) is 20.3. The van der Waals surface area contributed by atoms with Crippen LogP contribution in [0.1, 0.15) is 47.2 Å². The standard InChI is InChI=1S/C25H30ClN3O2.ClH/c1-28-22-15-19-11-10-18(24(30)20(19)16-23(22)29(2)25(28)31)8-5-6-13-27-14-12-17-7-3-4-9-21(17)26;/h3-4,7,9,15-16,18,27H,5-6,8,10-14H2,1-2H3;1H. The van der Waals surface area contributed by atoms with Gasteiger partial charge in [0.15, 0.2) is 5.78 Å². The Morgan fingerprint density at radius 2 is 1.75 bits per heavy atom. The van der Waals surface area contributed by atoms with Crippen molar-refractivity contribution in [3.05, 3.63) is 68.6 Å². The highest BCUT2D eigenvalue weighted by molar-refractivity contribution is 6.31. The lowest BCUT2D eigenvalue weighted by molar-refractivity contribution is 0.0893. The lowest BCUT2D eigenvalue weighted by Gasteiger charge is -2.23. The summed E-state index contributed by atoms with van der Waals surface area (Å²) < 4.78 is 3.28. The summed E-state index contributed by atoms with van der Waals surface area (Å²) in [4.78, 5) is 25.3. The summed E-state index contributed by atoms with van der Waals surface area (Å²) >= 11 is 6.19. The molecule has 1 aromatic heterocycles. The molecule has 1 unspecified atom stereocenters. The molecule has 0 aliphatic heterocycles. The van der Waals surface area contributed by atoms with E-state index in [-0.39, 0.29) is 29.8 Å². The molecule has 0 bridgehead atoms. The number of Topliss-reactive ketones (excluding diaryl/α,β-unsaturated/α-hetero) is 1. The maximum atomic E-state index is 13.1. The predicted molar refractivity (Wildman–Crippen MR) is 133 cm³/mol.